The second-order valence-electron chi connectivity index (χ2n) is 11.5. The first-order valence-electron chi connectivity index (χ1n) is 14.8. The molecule has 3 aliphatic rings. The van der Waals surface area contributed by atoms with Gasteiger partial charge in [-0.1, -0.05) is 86.7 Å². The van der Waals surface area contributed by atoms with E-state index in [0.29, 0.717) is 23.7 Å². The average molecular weight is 550 g/mol. The van der Waals surface area contributed by atoms with Crippen LogP contribution in [0.15, 0.2) is 78.9 Å². The predicted molar refractivity (Wildman–Crippen MR) is 157 cm³/mol. The molecule has 7 rings (SSSR count). The summed E-state index contributed by atoms with van der Waals surface area (Å²) in [5.41, 5.74) is 1.99. The molecule has 0 radical (unpaired) electrons. The third-order valence-electron chi connectivity index (χ3n) is 8.97. The number of para-hydroxylation sites is 1. The fourth-order valence-electron chi connectivity index (χ4n) is 6.80. The van der Waals surface area contributed by atoms with Gasteiger partial charge in [0.25, 0.3) is 11.8 Å². The number of carbonyl (C=O) groups excluding carboxylic acids is 2. The predicted octanol–water partition coefficient (Wildman–Crippen LogP) is 6.15. The molecule has 1 saturated carbocycles. The number of rotatable bonds is 5. The molecule has 1 aliphatic carbocycles. The van der Waals surface area contributed by atoms with Gasteiger partial charge in [0.05, 0.1) is 6.54 Å². The van der Waals surface area contributed by atoms with Crippen LogP contribution in [-0.2, 0) is 23.4 Å². The Morgan fingerprint density at radius 3 is 2.41 bits per heavy atom. The lowest BCUT2D eigenvalue weighted by Crippen LogP contribution is -2.64. The average Bonchev–Trinajstić information content (AvgIpc) is 3.60. The van der Waals surface area contributed by atoms with E-state index in [1.54, 1.807) is 4.90 Å². The Labute approximate surface area is 240 Å². The van der Waals surface area contributed by atoms with Crippen molar-refractivity contribution >= 4 is 22.7 Å². The first kappa shape index (κ1) is 25.7. The van der Waals surface area contributed by atoms with Crippen molar-refractivity contribution in [3.05, 3.63) is 95.7 Å². The van der Waals surface area contributed by atoms with Crippen molar-refractivity contribution in [2.24, 2.45) is 0 Å². The molecule has 3 aromatic carbocycles. The zero-order valence-corrected chi connectivity index (χ0v) is 23.2. The summed E-state index contributed by atoms with van der Waals surface area (Å²) in [6, 6.07) is 25.6. The number of nitrogens with one attached hydrogen (secondary N) is 1. The fraction of sp³-hybridized carbons (Fsp3) is 0.353. The summed E-state index contributed by atoms with van der Waals surface area (Å²) in [4.78, 5) is 31.2. The summed E-state index contributed by atoms with van der Waals surface area (Å²) >= 11 is 0. The highest BCUT2D eigenvalue weighted by Crippen LogP contribution is 2.41. The second kappa shape index (κ2) is 10.6. The van der Waals surface area contributed by atoms with Gasteiger partial charge in [0.2, 0.25) is 6.79 Å². The van der Waals surface area contributed by atoms with E-state index < -0.39 is 5.54 Å². The maximum atomic E-state index is 14.8. The minimum atomic E-state index is -1.24. The molecule has 1 atom stereocenters. The van der Waals surface area contributed by atoms with Crippen LogP contribution >= 0.6 is 0 Å². The normalized spacial score (nSPS) is 20.9. The van der Waals surface area contributed by atoms with Crippen LogP contribution in [0.25, 0.3) is 10.9 Å². The molecular weight excluding hydrogens is 514 g/mol. The van der Waals surface area contributed by atoms with Crippen LogP contribution in [0.1, 0.15) is 66.6 Å². The van der Waals surface area contributed by atoms with Crippen LogP contribution in [0.5, 0.6) is 11.5 Å². The molecule has 1 aromatic heterocycles. The molecule has 2 amide bonds. The van der Waals surface area contributed by atoms with Crippen LogP contribution in [0.3, 0.4) is 0 Å². The number of benzene rings is 3. The van der Waals surface area contributed by atoms with Gasteiger partial charge in [0, 0.05) is 23.5 Å². The van der Waals surface area contributed by atoms with Gasteiger partial charge >= 0.3 is 0 Å². The minimum absolute atomic E-state index is 0.0914. The molecule has 1 fully saturated rings. The van der Waals surface area contributed by atoms with Crippen LogP contribution in [0.2, 0.25) is 0 Å². The lowest BCUT2D eigenvalue weighted by molar-refractivity contribution is -0.136. The summed E-state index contributed by atoms with van der Waals surface area (Å²) in [7, 11) is 0. The van der Waals surface area contributed by atoms with E-state index in [1.807, 2.05) is 83.4 Å². The Morgan fingerprint density at radius 2 is 1.59 bits per heavy atom. The Balaban J connectivity index is 1.37. The van der Waals surface area contributed by atoms with Crippen molar-refractivity contribution in [3.63, 3.8) is 0 Å². The first-order chi connectivity index (χ1) is 20.1. The van der Waals surface area contributed by atoms with Crippen molar-refractivity contribution in [1.29, 1.82) is 0 Å². The first-order valence-corrected chi connectivity index (χ1v) is 14.8. The van der Waals surface area contributed by atoms with Gasteiger partial charge in [-0.15, -0.1) is 0 Å². The molecule has 1 N–H and O–H groups in total. The van der Waals surface area contributed by atoms with Crippen LogP contribution in [0, 0.1) is 0 Å². The lowest BCUT2D eigenvalue weighted by Gasteiger charge is -2.47. The number of carbonyl (C=O) groups is 2. The van der Waals surface area contributed by atoms with E-state index in [1.165, 1.54) is 19.3 Å². The van der Waals surface area contributed by atoms with Crippen molar-refractivity contribution in [2.45, 2.75) is 69.6 Å². The van der Waals surface area contributed by atoms with Crippen LogP contribution in [0.4, 0.5) is 0 Å². The van der Waals surface area contributed by atoms with Gasteiger partial charge in [0.1, 0.15) is 5.69 Å². The smallest absolute Gasteiger partial charge is 0.272 e. The summed E-state index contributed by atoms with van der Waals surface area (Å²) in [6.07, 6.45) is 7.79. The molecule has 7 heteroatoms. The van der Waals surface area contributed by atoms with E-state index in [0.717, 1.165) is 47.7 Å². The number of aromatic nitrogens is 1. The van der Waals surface area contributed by atoms with Crippen molar-refractivity contribution in [2.75, 3.05) is 6.79 Å². The van der Waals surface area contributed by atoms with Crippen molar-refractivity contribution < 1.29 is 19.1 Å². The summed E-state index contributed by atoms with van der Waals surface area (Å²) in [6.45, 7) is 0.762. The number of hydrogen-bond acceptors (Lipinski definition) is 4. The highest BCUT2D eigenvalue weighted by molar-refractivity contribution is 6.04. The van der Waals surface area contributed by atoms with E-state index in [9.17, 15) is 9.59 Å². The van der Waals surface area contributed by atoms with Crippen molar-refractivity contribution in [3.8, 4) is 11.5 Å². The zero-order chi connectivity index (χ0) is 27.8. The van der Waals surface area contributed by atoms with E-state index in [4.69, 9.17) is 9.47 Å². The van der Waals surface area contributed by atoms with Crippen LogP contribution < -0.4 is 14.8 Å². The SMILES string of the molecule is O=C1c2cc3ccccc3n2CC(C(=O)NC2CCCCCCC2)(c2ccccc2)N1Cc1ccc2c(c1)OCO2. The molecular formula is C34H35N3O4. The molecule has 3 heterocycles. The molecule has 4 aromatic rings. The number of hydrogen-bond donors (Lipinski definition) is 1. The van der Waals surface area contributed by atoms with Crippen molar-refractivity contribution in [1.82, 2.24) is 14.8 Å². The zero-order valence-electron chi connectivity index (χ0n) is 23.2. The molecule has 7 nitrogen and oxygen atoms in total. The number of amides is 2. The highest BCUT2D eigenvalue weighted by atomic mass is 16.7. The Kier molecular flexibility index (Phi) is 6.65. The molecule has 0 spiro atoms. The fourth-order valence-corrected chi connectivity index (χ4v) is 6.80. The Morgan fingerprint density at radius 1 is 0.854 bits per heavy atom. The molecule has 41 heavy (non-hydrogen) atoms. The highest BCUT2D eigenvalue weighted by Gasteiger charge is 2.52. The lowest BCUT2D eigenvalue weighted by atomic mass is 9.83. The van der Waals surface area contributed by atoms with Gasteiger partial charge in [0.15, 0.2) is 17.0 Å². The molecule has 2 aliphatic heterocycles. The second-order valence-corrected chi connectivity index (χ2v) is 11.5. The van der Waals surface area contributed by atoms with E-state index in [2.05, 4.69) is 5.32 Å². The van der Waals surface area contributed by atoms with E-state index in [-0.39, 0.29) is 31.2 Å². The van der Waals surface area contributed by atoms with Gasteiger partial charge < -0.3 is 24.3 Å². The molecule has 0 bridgehead atoms. The third kappa shape index (κ3) is 4.53. The summed E-state index contributed by atoms with van der Waals surface area (Å²) in [5.74, 6) is 1.06. The summed E-state index contributed by atoms with van der Waals surface area (Å²) < 4.78 is 13.2. The standard InChI is InChI=1S/C34H35N3O4/c38-32-29-20-25-11-9-10-16-28(25)36(29)22-34(26-12-5-4-6-13-26,33(39)35-27-14-7-2-1-3-8-15-27)37(32)21-24-17-18-30-31(19-24)41-23-40-30/h4-6,9-13,16-20,27H,1-3,7-8,14-15,21-23H2,(H,35,39). The maximum Gasteiger partial charge on any atom is 0.272 e. The van der Waals surface area contributed by atoms with Gasteiger partial charge in [-0.2, -0.15) is 0 Å². The largest absolute Gasteiger partial charge is 0.454 e. The minimum Gasteiger partial charge on any atom is -0.454 e. The number of fused-ring (bicyclic) bond motifs is 4. The maximum absolute atomic E-state index is 14.8. The van der Waals surface area contributed by atoms with Gasteiger partial charge in [-0.05, 0) is 48.2 Å². The topological polar surface area (TPSA) is 72.8 Å². The van der Waals surface area contributed by atoms with E-state index >= 15 is 0 Å². The van der Waals surface area contributed by atoms with Gasteiger partial charge in [-0.25, -0.2) is 0 Å². The Hall–Kier alpha value is -4.26. The van der Waals surface area contributed by atoms with Crippen LogP contribution in [-0.4, -0.2) is 34.1 Å². The summed E-state index contributed by atoms with van der Waals surface area (Å²) in [5, 5.41) is 4.44. The number of ether oxygens (including phenoxy) is 2. The molecule has 1 unspecified atom stereocenters. The third-order valence-corrected chi connectivity index (χ3v) is 8.97. The molecule has 0 saturated heterocycles. The monoisotopic (exact) mass is 549 g/mol. The van der Waals surface area contributed by atoms with Gasteiger partial charge in [-0.3, -0.25) is 9.59 Å². The molecule has 210 valence electrons. The quantitative estimate of drug-likeness (QED) is 0.324. The number of nitrogens with zero attached hydrogens (tertiary/aromatic N) is 2. The Bertz CT molecular complexity index is 1590.